The zero-order valence-electron chi connectivity index (χ0n) is 3.92. The molecule has 0 aliphatic rings. The van der Waals surface area contributed by atoms with E-state index in [1.54, 1.807) is 0 Å². The van der Waals surface area contributed by atoms with E-state index in [9.17, 15) is 4.21 Å². The van der Waals surface area contributed by atoms with Gasteiger partial charge in [-0.05, 0) is 0 Å². The van der Waals surface area contributed by atoms with Crippen molar-refractivity contribution in [1.29, 1.82) is 0 Å². The van der Waals surface area contributed by atoms with E-state index >= 15 is 0 Å². The van der Waals surface area contributed by atoms with Gasteiger partial charge in [-0.3, -0.25) is 5.10 Å². The Morgan fingerprint density at radius 3 is 2.88 bits per heavy atom. The topological polar surface area (TPSA) is 71.8 Å². The average Bonchev–Trinajstić information content (AvgIpc) is 2.14. The third-order valence-electron chi connectivity index (χ3n) is 0.660. The maximum Gasteiger partial charge on any atom is 0.528 e. The molecule has 1 aromatic heterocycles. The van der Waals surface area contributed by atoms with Crippen LogP contribution in [0.1, 0.15) is 0 Å². The van der Waals surface area contributed by atoms with Gasteiger partial charge in [0, 0.05) is 4.21 Å². The molecular formula is C3H4N3OS+. The second kappa shape index (κ2) is 1.87. The highest BCUT2D eigenvalue weighted by molar-refractivity contribution is 7.65. The van der Waals surface area contributed by atoms with E-state index < -0.39 is 0 Å². The molecule has 1 heterocycles. The first-order chi connectivity index (χ1) is 3.83. The minimum Gasteiger partial charge on any atom is -0.384 e. The van der Waals surface area contributed by atoms with Crippen LogP contribution in [0.25, 0.3) is 0 Å². The Balaban J connectivity index is 3.00. The van der Waals surface area contributed by atoms with Crippen molar-refractivity contribution in [2.45, 2.75) is 5.03 Å². The fourth-order valence-corrected chi connectivity index (χ4v) is 0.618. The number of rotatable bonds is 1. The first-order valence-electron chi connectivity index (χ1n) is 1.93. The lowest BCUT2D eigenvalue weighted by Crippen LogP contribution is -1.81. The van der Waals surface area contributed by atoms with Gasteiger partial charge in [0.1, 0.15) is 5.82 Å². The molecule has 0 aliphatic carbocycles. The Morgan fingerprint density at radius 2 is 2.62 bits per heavy atom. The predicted octanol–water partition coefficient (Wildman–Crippen LogP) is -0.221. The van der Waals surface area contributed by atoms with Crippen LogP contribution in [0.5, 0.6) is 0 Å². The Morgan fingerprint density at radius 1 is 1.88 bits per heavy atom. The van der Waals surface area contributed by atoms with Crippen molar-refractivity contribution in [3.05, 3.63) is 6.07 Å². The zero-order valence-corrected chi connectivity index (χ0v) is 4.73. The van der Waals surface area contributed by atoms with Crippen LogP contribution in [0.4, 0.5) is 5.82 Å². The molecule has 4 nitrogen and oxygen atoms in total. The number of nitrogens with zero attached hydrogens (tertiary/aromatic N) is 1. The van der Waals surface area contributed by atoms with E-state index in [0.717, 1.165) is 0 Å². The van der Waals surface area contributed by atoms with Crippen molar-refractivity contribution < 1.29 is 4.21 Å². The van der Waals surface area contributed by atoms with E-state index in [1.165, 1.54) is 6.07 Å². The second-order valence-electron chi connectivity index (χ2n) is 1.24. The van der Waals surface area contributed by atoms with Gasteiger partial charge in [-0.15, -0.1) is 5.10 Å². The van der Waals surface area contributed by atoms with Crippen LogP contribution in [0, 0.1) is 0 Å². The van der Waals surface area contributed by atoms with Crippen LogP contribution < -0.4 is 5.73 Å². The normalized spacial score (nSPS) is 9.00. The van der Waals surface area contributed by atoms with Crippen molar-refractivity contribution in [3.63, 3.8) is 0 Å². The summed E-state index contributed by atoms with van der Waals surface area (Å²) in [5, 5.41) is 6.34. The molecule has 5 heteroatoms. The van der Waals surface area contributed by atoms with Gasteiger partial charge in [0.25, 0.3) is 0 Å². The molecule has 1 rings (SSSR count). The summed E-state index contributed by atoms with van der Waals surface area (Å²) >= 11 is 0.317. The molecule has 0 saturated carbocycles. The number of anilines is 1. The minimum atomic E-state index is 0.317. The van der Waals surface area contributed by atoms with Crippen LogP contribution in [0.15, 0.2) is 11.1 Å². The second-order valence-corrected chi connectivity index (χ2v) is 1.83. The van der Waals surface area contributed by atoms with Crippen LogP contribution in [0.2, 0.25) is 0 Å². The molecule has 0 bridgehead atoms. The summed E-state index contributed by atoms with van der Waals surface area (Å²) < 4.78 is 9.92. The monoisotopic (exact) mass is 130 g/mol. The molecule has 0 atom stereocenters. The Kier molecular flexibility index (Phi) is 1.21. The van der Waals surface area contributed by atoms with E-state index in [4.69, 9.17) is 5.73 Å². The van der Waals surface area contributed by atoms with E-state index in [-0.39, 0.29) is 0 Å². The zero-order chi connectivity index (χ0) is 5.98. The SMILES string of the molecule is Nc1cc([S+]=O)n[nH]1. The van der Waals surface area contributed by atoms with Crippen LogP contribution in [0.3, 0.4) is 0 Å². The highest BCUT2D eigenvalue weighted by Gasteiger charge is 2.08. The van der Waals surface area contributed by atoms with Crippen LogP contribution in [-0.4, -0.2) is 10.2 Å². The summed E-state index contributed by atoms with van der Waals surface area (Å²) in [7, 11) is 0. The lowest BCUT2D eigenvalue weighted by atomic mass is 10.7. The molecule has 0 unspecified atom stereocenters. The van der Waals surface area contributed by atoms with Gasteiger partial charge in [0.05, 0.1) is 6.07 Å². The molecule has 0 saturated heterocycles. The van der Waals surface area contributed by atoms with Gasteiger partial charge in [-0.25, -0.2) is 0 Å². The first kappa shape index (κ1) is 5.17. The largest absolute Gasteiger partial charge is 0.528 e. The van der Waals surface area contributed by atoms with Gasteiger partial charge in [-0.2, -0.15) is 0 Å². The highest BCUT2D eigenvalue weighted by Crippen LogP contribution is 1.97. The van der Waals surface area contributed by atoms with Gasteiger partial charge in [0.2, 0.25) is 0 Å². The molecule has 3 N–H and O–H groups in total. The summed E-state index contributed by atoms with van der Waals surface area (Å²) in [4.78, 5) is 0. The Labute approximate surface area is 49.6 Å². The number of aromatic amines is 1. The molecule has 0 spiro atoms. The number of nitrogens with one attached hydrogen (secondary N) is 1. The van der Waals surface area contributed by atoms with Crippen molar-refractivity contribution >= 4 is 17.5 Å². The van der Waals surface area contributed by atoms with E-state index in [1.807, 2.05) is 0 Å². The summed E-state index contributed by atoms with van der Waals surface area (Å²) in [5.41, 5.74) is 5.18. The predicted molar refractivity (Wildman–Crippen MR) is 29.3 cm³/mol. The van der Waals surface area contributed by atoms with Crippen molar-refractivity contribution in [2.24, 2.45) is 0 Å². The number of nitrogen functional groups attached to an aromatic ring is 1. The highest BCUT2D eigenvalue weighted by atomic mass is 32.1. The molecule has 0 radical (unpaired) electrons. The Hall–Kier alpha value is -0.970. The molecular weight excluding hydrogens is 126 g/mol. The number of hydrogen-bond acceptors (Lipinski definition) is 3. The maximum absolute atomic E-state index is 9.92. The summed E-state index contributed by atoms with van der Waals surface area (Å²) in [6, 6.07) is 1.48. The number of aromatic nitrogens is 2. The maximum atomic E-state index is 9.92. The van der Waals surface area contributed by atoms with Gasteiger partial charge >= 0.3 is 16.7 Å². The van der Waals surface area contributed by atoms with E-state index in [2.05, 4.69) is 10.2 Å². The smallest absolute Gasteiger partial charge is 0.384 e. The molecule has 42 valence electrons. The number of nitrogens with two attached hydrogens (primary N) is 1. The molecule has 8 heavy (non-hydrogen) atoms. The molecule has 0 amide bonds. The Bertz CT molecular complexity index is 196. The van der Waals surface area contributed by atoms with Crippen molar-refractivity contribution in [3.8, 4) is 0 Å². The van der Waals surface area contributed by atoms with Crippen LogP contribution >= 0.6 is 0 Å². The van der Waals surface area contributed by atoms with Crippen molar-refractivity contribution in [2.75, 3.05) is 5.73 Å². The summed E-state index contributed by atoms with van der Waals surface area (Å²) in [6.07, 6.45) is 0. The van der Waals surface area contributed by atoms with E-state index in [0.29, 0.717) is 22.5 Å². The van der Waals surface area contributed by atoms with Gasteiger partial charge < -0.3 is 5.73 Å². The third kappa shape index (κ3) is 0.812. The van der Waals surface area contributed by atoms with Gasteiger partial charge in [0.15, 0.2) is 0 Å². The third-order valence-corrected chi connectivity index (χ3v) is 1.04. The quantitative estimate of drug-likeness (QED) is 0.516. The fraction of sp³-hybridized carbons (Fsp3) is 0. The van der Waals surface area contributed by atoms with Crippen LogP contribution in [-0.2, 0) is 15.9 Å². The molecule has 1 aromatic rings. The lowest BCUT2D eigenvalue weighted by molar-refractivity contribution is 0.603. The minimum absolute atomic E-state index is 0.317. The lowest BCUT2D eigenvalue weighted by Gasteiger charge is -1.69. The number of hydrogen-bond donors (Lipinski definition) is 2. The number of H-pyrrole nitrogens is 1. The molecule has 0 aliphatic heterocycles. The summed E-state index contributed by atoms with van der Waals surface area (Å²) in [6.45, 7) is 0. The fourth-order valence-electron chi connectivity index (χ4n) is 0.360. The van der Waals surface area contributed by atoms with Gasteiger partial charge in [-0.1, -0.05) is 0 Å². The summed E-state index contributed by atoms with van der Waals surface area (Å²) in [5.74, 6) is 0.420. The molecule has 0 aromatic carbocycles. The first-order valence-corrected chi connectivity index (χ1v) is 2.68. The molecule has 0 fully saturated rings. The van der Waals surface area contributed by atoms with Crippen molar-refractivity contribution in [1.82, 2.24) is 10.2 Å². The average molecular weight is 130 g/mol. The standard InChI is InChI=1S/C3H4N3OS/c4-2-1-3(8-7)6-5-2/h1H,(H3,4,5,6)/q+1.